The minimum atomic E-state index is -0.716. The van der Waals surface area contributed by atoms with Gasteiger partial charge in [0.1, 0.15) is 11.6 Å². The van der Waals surface area contributed by atoms with Crippen molar-refractivity contribution < 1.29 is 13.6 Å². The molecule has 1 rings (SSSR count). The van der Waals surface area contributed by atoms with Gasteiger partial charge in [-0.1, -0.05) is 20.8 Å². The summed E-state index contributed by atoms with van der Waals surface area (Å²) in [4.78, 5) is 11.6. The summed E-state index contributed by atoms with van der Waals surface area (Å²) in [7, 11) is 0. The van der Waals surface area contributed by atoms with Crippen LogP contribution in [-0.4, -0.2) is 5.78 Å². The molecule has 0 heterocycles. The summed E-state index contributed by atoms with van der Waals surface area (Å²) in [6, 6.07) is 2.89. The highest BCUT2D eigenvalue weighted by atomic mass is 19.1. The Morgan fingerprint density at radius 2 is 1.60 bits per heavy atom. The van der Waals surface area contributed by atoms with E-state index < -0.39 is 11.6 Å². The monoisotopic (exact) mass is 212 g/mol. The van der Waals surface area contributed by atoms with Crippen molar-refractivity contribution in [2.45, 2.75) is 27.2 Å². The SMILES string of the molecule is CC(C)(C)CC(=O)c1cc(F)cc(F)c1. The molecule has 0 saturated carbocycles. The fourth-order valence-electron chi connectivity index (χ4n) is 1.30. The third kappa shape index (κ3) is 3.78. The van der Waals surface area contributed by atoms with Crippen LogP contribution in [-0.2, 0) is 0 Å². The molecule has 0 radical (unpaired) electrons. The molecule has 0 unspecified atom stereocenters. The third-order valence-corrected chi connectivity index (χ3v) is 1.88. The van der Waals surface area contributed by atoms with Gasteiger partial charge < -0.3 is 0 Å². The van der Waals surface area contributed by atoms with Crippen LogP contribution in [0.15, 0.2) is 18.2 Å². The number of hydrogen-bond acceptors (Lipinski definition) is 1. The van der Waals surface area contributed by atoms with Crippen molar-refractivity contribution in [2.75, 3.05) is 0 Å². The molecule has 0 atom stereocenters. The molecule has 82 valence electrons. The summed E-state index contributed by atoms with van der Waals surface area (Å²) in [6.07, 6.45) is 0.274. The van der Waals surface area contributed by atoms with E-state index in [1.807, 2.05) is 20.8 Å². The average molecular weight is 212 g/mol. The molecule has 1 aromatic carbocycles. The third-order valence-electron chi connectivity index (χ3n) is 1.88. The fraction of sp³-hybridized carbons (Fsp3) is 0.417. The zero-order valence-electron chi connectivity index (χ0n) is 9.10. The number of benzene rings is 1. The zero-order chi connectivity index (χ0) is 11.6. The van der Waals surface area contributed by atoms with Gasteiger partial charge in [-0.05, 0) is 17.5 Å². The predicted molar refractivity (Wildman–Crippen MR) is 54.8 cm³/mol. The molecule has 0 aliphatic heterocycles. The number of carbonyl (C=O) groups is 1. The van der Waals surface area contributed by atoms with Crippen molar-refractivity contribution in [3.8, 4) is 0 Å². The maximum atomic E-state index is 12.8. The van der Waals surface area contributed by atoms with Crippen molar-refractivity contribution in [1.82, 2.24) is 0 Å². The van der Waals surface area contributed by atoms with E-state index in [1.54, 1.807) is 0 Å². The molecule has 0 saturated heterocycles. The molecule has 15 heavy (non-hydrogen) atoms. The summed E-state index contributed by atoms with van der Waals surface area (Å²) < 4.78 is 25.7. The Morgan fingerprint density at radius 1 is 1.13 bits per heavy atom. The van der Waals surface area contributed by atoms with E-state index in [0.717, 1.165) is 18.2 Å². The highest BCUT2D eigenvalue weighted by Crippen LogP contribution is 2.22. The van der Waals surface area contributed by atoms with Gasteiger partial charge >= 0.3 is 0 Å². The molecular weight excluding hydrogens is 198 g/mol. The summed E-state index contributed by atoms with van der Waals surface area (Å²) in [5.74, 6) is -1.67. The minimum Gasteiger partial charge on any atom is -0.294 e. The van der Waals surface area contributed by atoms with Crippen LogP contribution in [0.3, 0.4) is 0 Å². The lowest BCUT2D eigenvalue weighted by Crippen LogP contribution is -2.13. The van der Waals surface area contributed by atoms with E-state index in [4.69, 9.17) is 0 Å². The number of ketones is 1. The first-order valence-electron chi connectivity index (χ1n) is 4.77. The molecule has 0 aromatic heterocycles. The van der Waals surface area contributed by atoms with Crippen molar-refractivity contribution in [2.24, 2.45) is 5.41 Å². The second kappa shape index (κ2) is 4.09. The molecule has 0 aliphatic rings. The smallest absolute Gasteiger partial charge is 0.163 e. The van der Waals surface area contributed by atoms with Gasteiger partial charge in [0, 0.05) is 18.1 Å². The quantitative estimate of drug-likeness (QED) is 0.685. The van der Waals surface area contributed by atoms with Crippen molar-refractivity contribution in [3.05, 3.63) is 35.4 Å². The van der Waals surface area contributed by atoms with Gasteiger partial charge in [-0.15, -0.1) is 0 Å². The van der Waals surface area contributed by atoms with Crippen molar-refractivity contribution in [3.63, 3.8) is 0 Å². The van der Waals surface area contributed by atoms with Gasteiger partial charge in [0.05, 0.1) is 0 Å². The highest BCUT2D eigenvalue weighted by molar-refractivity contribution is 5.96. The summed E-state index contributed by atoms with van der Waals surface area (Å²) in [5.41, 5.74) is -0.0812. The maximum absolute atomic E-state index is 12.8. The van der Waals surface area contributed by atoms with Crippen LogP contribution in [0.25, 0.3) is 0 Å². The lowest BCUT2D eigenvalue weighted by atomic mass is 9.88. The Bertz CT molecular complexity index is 357. The van der Waals surface area contributed by atoms with E-state index >= 15 is 0 Å². The van der Waals surface area contributed by atoms with E-state index in [0.29, 0.717) is 0 Å². The fourth-order valence-corrected chi connectivity index (χ4v) is 1.30. The Labute approximate surface area is 88.1 Å². The number of halogens is 2. The van der Waals surface area contributed by atoms with Crippen LogP contribution in [0.1, 0.15) is 37.6 Å². The molecule has 0 fully saturated rings. The summed E-state index contributed by atoms with van der Waals surface area (Å²) in [6.45, 7) is 5.71. The second-order valence-corrected chi connectivity index (χ2v) is 4.82. The minimum absolute atomic E-state index is 0.0995. The van der Waals surface area contributed by atoms with Crippen LogP contribution in [0.4, 0.5) is 8.78 Å². The van der Waals surface area contributed by atoms with Gasteiger partial charge in [-0.3, -0.25) is 4.79 Å². The van der Waals surface area contributed by atoms with E-state index in [2.05, 4.69) is 0 Å². The van der Waals surface area contributed by atoms with Crippen molar-refractivity contribution >= 4 is 5.78 Å². The Kier molecular flexibility index (Phi) is 3.22. The highest BCUT2D eigenvalue weighted by Gasteiger charge is 2.18. The number of Topliss-reactive ketones (excluding diaryl/α,β-unsaturated/α-hetero) is 1. The standard InChI is InChI=1S/C12H14F2O/c1-12(2,3)7-11(15)8-4-9(13)6-10(14)5-8/h4-6H,7H2,1-3H3. The van der Waals surface area contributed by atoms with Crippen LogP contribution in [0.5, 0.6) is 0 Å². The van der Waals surface area contributed by atoms with Crippen LogP contribution >= 0.6 is 0 Å². The van der Waals surface area contributed by atoms with Crippen LogP contribution in [0, 0.1) is 17.0 Å². The van der Waals surface area contributed by atoms with Crippen molar-refractivity contribution in [1.29, 1.82) is 0 Å². The molecular formula is C12H14F2O. The summed E-state index contributed by atoms with van der Waals surface area (Å²) >= 11 is 0. The van der Waals surface area contributed by atoms with Crippen LogP contribution < -0.4 is 0 Å². The normalized spacial score (nSPS) is 11.5. The zero-order valence-corrected chi connectivity index (χ0v) is 9.10. The van der Waals surface area contributed by atoms with E-state index in [9.17, 15) is 13.6 Å². The Balaban J connectivity index is 2.92. The van der Waals surface area contributed by atoms with Gasteiger partial charge in [0.25, 0.3) is 0 Å². The first kappa shape index (κ1) is 11.8. The van der Waals surface area contributed by atoms with Crippen LogP contribution in [0.2, 0.25) is 0 Å². The van der Waals surface area contributed by atoms with E-state index in [1.165, 1.54) is 0 Å². The van der Waals surface area contributed by atoms with Gasteiger partial charge in [-0.25, -0.2) is 8.78 Å². The lowest BCUT2D eigenvalue weighted by Gasteiger charge is -2.16. The molecule has 0 amide bonds. The Morgan fingerprint density at radius 3 is 2.00 bits per heavy atom. The number of rotatable bonds is 2. The first-order valence-corrected chi connectivity index (χ1v) is 4.77. The molecule has 3 heteroatoms. The molecule has 0 spiro atoms. The summed E-state index contributed by atoms with van der Waals surface area (Å²) in [5, 5.41) is 0. The molecule has 0 N–H and O–H groups in total. The maximum Gasteiger partial charge on any atom is 0.163 e. The predicted octanol–water partition coefficient (Wildman–Crippen LogP) is 3.58. The topological polar surface area (TPSA) is 17.1 Å². The largest absolute Gasteiger partial charge is 0.294 e. The molecule has 1 nitrogen and oxygen atoms in total. The van der Waals surface area contributed by atoms with Gasteiger partial charge in [-0.2, -0.15) is 0 Å². The lowest BCUT2D eigenvalue weighted by molar-refractivity contribution is 0.0939. The van der Waals surface area contributed by atoms with Gasteiger partial charge in [0.15, 0.2) is 5.78 Å². The molecule has 0 aliphatic carbocycles. The second-order valence-electron chi connectivity index (χ2n) is 4.82. The average Bonchev–Trinajstić information content (AvgIpc) is 1.98. The number of carbonyl (C=O) groups excluding carboxylic acids is 1. The number of hydrogen-bond donors (Lipinski definition) is 0. The Hall–Kier alpha value is -1.25. The molecule has 1 aromatic rings. The van der Waals surface area contributed by atoms with E-state index in [-0.39, 0.29) is 23.2 Å². The first-order chi connectivity index (χ1) is 6.78. The van der Waals surface area contributed by atoms with Gasteiger partial charge in [0.2, 0.25) is 0 Å². The molecule has 0 bridgehead atoms.